The number of nitrogens with zero attached hydrogens (tertiary/aromatic N) is 1. The Morgan fingerprint density at radius 2 is 2.46 bits per heavy atom. The van der Waals surface area contributed by atoms with Gasteiger partial charge in [0.1, 0.15) is 0 Å². The number of thiazole rings is 1. The Hall–Kier alpha value is -0.900. The van der Waals surface area contributed by atoms with Crippen LogP contribution in [-0.4, -0.2) is 16.1 Å². The third-order valence-corrected chi connectivity index (χ3v) is 3.36. The van der Waals surface area contributed by atoms with Gasteiger partial charge >= 0.3 is 5.97 Å². The molecule has 1 heterocycles. The smallest absolute Gasteiger partial charge is 0.312 e. The topological polar surface area (TPSA) is 50.2 Å². The molecule has 0 aromatic carbocycles. The summed E-state index contributed by atoms with van der Waals surface area (Å²) in [5.41, 5.74) is 2.57. The van der Waals surface area contributed by atoms with E-state index in [4.69, 9.17) is 5.11 Å². The molecule has 0 fully saturated rings. The van der Waals surface area contributed by atoms with Crippen LogP contribution in [0.4, 0.5) is 0 Å². The SMILES string of the molecule is O=C(O)C1CCCCc2scnc21. The van der Waals surface area contributed by atoms with Crippen molar-refractivity contribution < 1.29 is 9.90 Å². The minimum atomic E-state index is -0.728. The van der Waals surface area contributed by atoms with Gasteiger partial charge in [-0.05, 0) is 19.3 Å². The van der Waals surface area contributed by atoms with Gasteiger partial charge < -0.3 is 5.11 Å². The van der Waals surface area contributed by atoms with E-state index < -0.39 is 5.97 Å². The third kappa shape index (κ3) is 1.58. The van der Waals surface area contributed by atoms with E-state index in [1.54, 1.807) is 16.8 Å². The van der Waals surface area contributed by atoms with Crippen molar-refractivity contribution in [3.63, 3.8) is 0 Å². The van der Waals surface area contributed by atoms with E-state index >= 15 is 0 Å². The number of hydrogen-bond acceptors (Lipinski definition) is 3. The molecule has 2 rings (SSSR count). The van der Waals surface area contributed by atoms with Crippen molar-refractivity contribution in [2.24, 2.45) is 0 Å². The van der Waals surface area contributed by atoms with Crippen molar-refractivity contribution >= 4 is 17.3 Å². The van der Waals surface area contributed by atoms with E-state index in [9.17, 15) is 4.79 Å². The van der Waals surface area contributed by atoms with E-state index in [2.05, 4.69) is 4.98 Å². The van der Waals surface area contributed by atoms with Gasteiger partial charge in [-0.15, -0.1) is 11.3 Å². The number of rotatable bonds is 1. The van der Waals surface area contributed by atoms with Crippen molar-refractivity contribution in [1.29, 1.82) is 0 Å². The van der Waals surface area contributed by atoms with Crippen molar-refractivity contribution in [3.8, 4) is 0 Å². The fourth-order valence-electron chi connectivity index (χ4n) is 1.76. The molecule has 0 bridgehead atoms. The number of carboxylic acid groups (broad SMARTS) is 1. The van der Waals surface area contributed by atoms with E-state index in [1.165, 1.54) is 4.88 Å². The van der Waals surface area contributed by atoms with Crippen LogP contribution in [0.3, 0.4) is 0 Å². The number of fused-ring (bicyclic) bond motifs is 1. The van der Waals surface area contributed by atoms with Crippen LogP contribution in [0, 0.1) is 0 Å². The van der Waals surface area contributed by atoms with Gasteiger partial charge in [0.15, 0.2) is 0 Å². The van der Waals surface area contributed by atoms with Crippen LogP contribution in [0.25, 0.3) is 0 Å². The van der Waals surface area contributed by atoms with Crippen LogP contribution in [0.15, 0.2) is 5.51 Å². The van der Waals surface area contributed by atoms with Gasteiger partial charge in [0.05, 0.1) is 17.1 Å². The first kappa shape index (κ1) is 8.69. The van der Waals surface area contributed by atoms with Crippen molar-refractivity contribution in [2.45, 2.75) is 31.6 Å². The molecule has 1 atom stereocenters. The summed E-state index contributed by atoms with van der Waals surface area (Å²) < 4.78 is 0. The lowest BCUT2D eigenvalue weighted by Gasteiger charge is -2.06. The molecule has 13 heavy (non-hydrogen) atoms. The lowest BCUT2D eigenvalue weighted by Crippen LogP contribution is -2.11. The predicted octanol–water partition coefficient (Wildman–Crippen LogP) is 2.04. The van der Waals surface area contributed by atoms with Gasteiger partial charge in [-0.2, -0.15) is 0 Å². The number of aromatic nitrogens is 1. The second kappa shape index (κ2) is 3.46. The molecule has 1 unspecified atom stereocenters. The summed E-state index contributed by atoms with van der Waals surface area (Å²) >= 11 is 1.59. The monoisotopic (exact) mass is 197 g/mol. The molecule has 1 aliphatic rings. The molecule has 4 heteroatoms. The lowest BCUT2D eigenvalue weighted by atomic mass is 10.0. The summed E-state index contributed by atoms with van der Waals surface area (Å²) in [7, 11) is 0. The zero-order valence-corrected chi connectivity index (χ0v) is 8.01. The van der Waals surface area contributed by atoms with Gasteiger partial charge in [-0.3, -0.25) is 4.79 Å². The first-order valence-electron chi connectivity index (χ1n) is 4.44. The molecule has 0 saturated carbocycles. The molecule has 70 valence electrons. The second-order valence-corrected chi connectivity index (χ2v) is 4.24. The highest BCUT2D eigenvalue weighted by atomic mass is 32.1. The van der Waals surface area contributed by atoms with E-state index in [0.29, 0.717) is 0 Å². The van der Waals surface area contributed by atoms with Crippen molar-refractivity contribution in [3.05, 3.63) is 16.1 Å². The van der Waals surface area contributed by atoms with E-state index in [1.807, 2.05) is 0 Å². The number of hydrogen-bond donors (Lipinski definition) is 1. The van der Waals surface area contributed by atoms with Crippen molar-refractivity contribution in [1.82, 2.24) is 4.98 Å². The molecule has 1 aromatic rings. The summed E-state index contributed by atoms with van der Waals surface area (Å²) in [6.45, 7) is 0. The zero-order valence-electron chi connectivity index (χ0n) is 7.19. The quantitative estimate of drug-likeness (QED) is 0.701. The minimum absolute atomic E-state index is 0.358. The highest BCUT2D eigenvalue weighted by molar-refractivity contribution is 7.09. The second-order valence-electron chi connectivity index (χ2n) is 3.30. The first-order valence-corrected chi connectivity index (χ1v) is 5.32. The first-order chi connectivity index (χ1) is 6.29. The van der Waals surface area contributed by atoms with Crippen LogP contribution in [0.5, 0.6) is 0 Å². The van der Waals surface area contributed by atoms with E-state index in [-0.39, 0.29) is 5.92 Å². The van der Waals surface area contributed by atoms with Crippen LogP contribution in [-0.2, 0) is 11.2 Å². The molecule has 1 aliphatic carbocycles. The molecule has 1 aromatic heterocycles. The Kier molecular flexibility index (Phi) is 2.31. The molecule has 0 spiro atoms. The lowest BCUT2D eigenvalue weighted by molar-refractivity contribution is -0.139. The summed E-state index contributed by atoms with van der Waals surface area (Å²) in [6, 6.07) is 0. The Labute approximate surface area is 80.4 Å². The maximum Gasteiger partial charge on any atom is 0.312 e. The number of carbonyl (C=O) groups is 1. The molecular weight excluding hydrogens is 186 g/mol. The fraction of sp³-hybridized carbons (Fsp3) is 0.556. The standard InChI is InChI=1S/C9H11NO2S/c11-9(12)6-3-1-2-4-7-8(6)10-5-13-7/h5-6H,1-4H2,(H,11,12). The van der Waals surface area contributed by atoms with Crippen molar-refractivity contribution in [2.75, 3.05) is 0 Å². The zero-order chi connectivity index (χ0) is 9.26. The molecule has 0 radical (unpaired) electrons. The van der Waals surface area contributed by atoms with E-state index in [0.717, 1.165) is 31.4 Å². The molecule has 3 nitrogen and oxygen atoms in total. The average molecular weight is 197 g/mol. The maximum atomic E-state index is 10.9. The van der Waals surface area contributed by atoms with Gasteiger partial charge in [0, 0.05) is 4.88 Å². The number of carboxylic acids is 1. The number of aliphatic carboxylic acids is 1. The molecule has 0 saturated heterocycles. The summed E-state index contributed by atoms with van der Waals surface area (Å²) in [4.78, 5) is 16.3. The van der Waals surface area contributed by atoms with Gasteiger partial charge in [-0.1, -0.05) is 6.42 Å². The molecule has 0 amide bonds. The predicted molar refractivity (Wildman–Crippen MR) is 50.0 cm³/mol. The summed E-state index contributed by atoms with van der Waals surface area (Å²) in [6.07, 6.45) is 3.84. The highest BCUT2D eigenvalue weighted by Crippen LogP contribution is 2.31. The largest absolute Gasteiger partial charge is 0.481 e. The minimum Gasteiger partial charge on any atom is -0.481 e. The molecule has 1 N–H and O–H groups in total. The third-order valence-electron chi connectivity index (χ3n) is 2.45. The maximum absolute atomic E-state index is 10.9. The van der Waals surface area contributed by atoms with Gasteiger partial charge in [0.2, 0.25) is 0 Å². The molecule has 0 aliphatic heterocycles. The Bertz CT molecular complexity index is 321. The Morgan fingerprint density at radius 3 is 3.23 bits per heavy atom. The van der Waals surface area contributed by atoms with Gasteiger partial charge in [0.25, 0.3) is 0 Å². The Balaban J connectivity index is 2.36. The Morgan fingerprint density at radius 1 is 1.62 bits per heavy atom. The summed E-state index contributed by atoms with van der Waals surface area (Å²) in [5.74, 6) is -1.09. The molecular formula is C9H11NO2S. The van der Waals surface area contributed by atoms with Crippen LogP contribution >= 0.6 is 11.3 Å². The fourth-order valence-corrected chi connectivity index (χ4v) is 2.63. The normalized spacial score (nSPS) is 22.0. The van der Waals surface area contributed by atoms with Gasteiger partial charge in [-0.25, -0.2) is 4.98 Å². The highest BCUT2D eigenvalue weighted by Gasteiger charge is 2.26. The van der Waals surface area contributed by atoms with Crippen LogP contribution in [0.2, 0.25) is 0 Å². The summed E-state index contributed by atoms with van der Waals surface area (Å²) in [5, 5.41) is 8.99. The number of aryl methyl sites for hydroxylation is 1. The average Bonchev–Trinajstić information content (AvgIpc) is 2.44. The van der Waals surface area contributed by atoms with Crippen LogP contribution < -0.4 is 0 Å². The van der Waals surface area contributed by atoms with Crippen LogP contribution in [0.1, 0.15) is 35.8 Å².